The van der Waals surface area contributed by atoms with Crippen LogP contribution in [-0.4, -0.2) is 56.6 Å². The van der Waals surface area contributed by atoms with Crippen LogP contribution in [0.5, 0.6) is 0 Å². The zero-order valence-corrected chi connectivity index (χ0v) is 10.1. The van der Waals surface area contributed by atoms with Gasteiger partial charge in [0.15, 0.2) is 5.82 Å². The van der Waals surface area contributed by atoms with Gasteiger partial charge in [0, 0.05) is 18.9 Å². The molecule has 0 saturated carbocycles. The number of rotatable bonds is 2. The number of hydrogen-bond donors (Lipinski definition) is 1. The first-order valence-electron chi connectivity index (χ1n) is 5.93. The van der Waals surface area contributed by atoms with E-state index >= 15 is 0 Å². The summed E-state index contributed by atoms with van der Waals surface area (Å²) in [4.78, 5) is 6.49. The number of aliphatic hydroxyl groups excluding tert-OH is 1. The third kappa shape index (κ3) is 1.81. The molecule has 1 N–H and O–H groups in total. The minimum atomic E-state index is -0.175. The monoisotopic (exact) mass is 249 g/mol. The van der Waals surface area contributed by atoms with Gasteiger partial charge in [0.1, 0.15) is 6.33 Å². The normalized spacial score (nSPS) is 24.7. The fraction of sp³-hybridized carbons (Fsp3) is 0.545. The number of nitrogens with zero attached hydrogens (tertiary/aromatic N) is 5. The molecule has 1 fully saturated rings. The SMILES string of the molecule is CC1COC(CO)CN1c1nccn2cnnc12. The van der Waals surface area contributed by atoms with Crippen molar-refractivity contribution in [2.75, 3.05) is 24.7 Å². The molecule has 2 aromatic heterocycles. The summed E-state index contributed by atoms with van der Waals surface area (Å²) in [5, 5.41) is 17.2. The van der Waals surface area contributed by atoms with Gasteiger partial charge in [-0.3, -0.25) is 4.40 Å². The molecule has 3 rings (SSSR count). The third-order valence-corrected chi connectivity index (χ3v) is 3.18. The molecule has 2 aromatic rings. The highest BCUT2D eigenvalue weighted by molar-refractivity contribution is 5.63. The lowest BCUT2D eigenvalue weighted by atomic mass is 10.2. The van der Waals surface area contributed by atoms with Crippen LogP contribution in [0.2, 0.25) is 0 Å². The quantitative estimate of drug-likeness (QED) is 0.788. The Balaban J connectivity index is 1.99. The van der Waals surface area contributed by atoms with Gasteiger partial charge in [-0.05, 0) is 6.92 Å². The molecule has 7 nitrogen and oxygen atoms in total. The predicted octanol–water partition coefficient (Wildman–Crippen LogP) is -0.290. The van der Waals surface area contributed by atoms with Crippen LogP contribution in [-0.2, 0) is 4.74 Å². The minimum absolute atomic E-state index is 0.0129. The summed E-state index contributed by atoms with van der Waals surface area (Å²) in [6.45, 7) is 3.26. The Kier molecular flexibility index (Phi) is 2.85. The van der Waals surface area contributed by atoms with Crippen molar-refractivity contribution in [1.29, 1.82) is 0 Å². The van der Waals surface area contributed by atoms with Crippen molar-refractivity contribution in [3.63, 3.8) is 0 Å². The smallest absolute Gasteiger partial charge is 0.203 e. The molecular weight excluding hydrogens is 234 g/mol. The Bertz CT molecular complexity index is 543. The number of fused-ring (bicyclic) bond motifs is 1. The third-order valence-electron chi connectivity index (χ3n) is 3.18. The fourth-order valence-electron chi connectivity index (χ4n) is 2.17. The molecule has 0 aliphatic carbocycles. The van der Waals surface area contributed by atoms with E-state index in [0.717, 1.165) is 11.5 Å². The molecule has 0 aromatic carbocycles. The van der Waals surface area contributed by atoms with Gasteiger partial charge in [-0.2, -0.15) is 0 Å². The van der Waals surface area contributed by atoms with Crippen LogP contribution in [0.15, 0.2) is 18.7 Å². The molecule has 2 unspecified atom stereocenters. The summed E-state index contributed by atoms with van der Waals surface area (Å²) >= 11 is 0. The highest BCUT2D eigenvalue weighted by Gasteiger charge is 2.28. The maximum absolute atomic E-state index is 9.21. The second-order valence-electron chi connectivity index (χ2n) is 4.45. The Hall–Kier alpha value is -1.73. The van der Waals surface area contributed by atoms with E-state index in [9.17, 15) is 5.11 Å². The van der Waals surface area contributed by atoms with Crippen LogP contribution in [0, 0.1) is 0 Å². The van der Waals surface area contributed by atoms with Crippen molar-refractivity contribution in [2.24, 2.45) is 0 Å². The maximum Gasteiger partial charge on any atom is 0.203 e. The van der Waals surface area contributed by atoms with Crippen LogP contribution in [0.25, 0.3) is 5.65 Å². The molecular formula is C11H15N5O2. The average Bonchev–Trinajstić information content (AvgIpc) is 2.87. The summed E-state index contributed by atoms with van der Waals surface area (Å²) in [5.74, 6) is 0.782. The van der Waals surface area contributed by atoms with E-state index in [1.165, 1.54) is 0 Å². The van der Waals surface area contributed by atoms with Crippen LogP contribution in [0.4, 0.5) is 5.82 Å². The number of hydrogen-bond acceptors (Lipinski definition) is 6. The molecule has 0 radical (unpaired) electrons. The van der Waals surface area contributed by atoms with E-state index in [1.807, 2.05) is 10.6 Å². The Labute approximate surface area is 104 Å². The zero-order chi connectivity index (χ0) is 12.5. The lowest BCUT2D eigenvalue weighted by Crippen LogP contribution is -2.50. The molecule has 3 heterocycles. The van der Waals surface area contributed by atoms with Gasteiger partial charge in [-0.25, -0.2) is 4.98 Å². The van der Waals surface area contributed by atoms with E-state index in [0.29, 0.717) is 13.2 Å². The molecule has 0 bridgehead atoms. The molecule has 0 spiro atoms. The Morgan fingerprint density at radius 2 is 2.44 bits per heavy atom. The van der Waals surface area contributed by atoms with Gasteiger partial charge in [-0.1, -0.05) is 0 Å². The fourth-order valence-corrected chi connectivity index (χ4v) is 2.17. The van der Waals surface area contributed by atoms with E-state index in [2.05, 4.69) is 27.0 Å². The lowest BCUT2D eigenvalue weighted by molar-refractivity contribution is -0.0105. The summed E-state index contributed by atoms with van der Waals surface area (Å²) in [7, 11) is 0. The molecule has 1 saturated heterocycles. The predicted molar refractivity (Wildman–Crippen MR) is 64.4 cm³/mol. The van der Waals surface area contributed by atoms with Crippen molar-refractivity contribution in [1.82, 2.24) is 19.6 Å². The maximum atomic E-state index is 9.21. The zero-order valence-electron chi connectivity index (χ0n) is 10.1. The second kappa shape index (κ2) is 4.51. The Morgan fingerprint density at radius 3 is 3.28 bits per heavy atom. The molecule has 96 valence electrons. The summed E-state index contributed by atoms with van der Waals surface area (Å²) in [6, 6.07) is 0.197. The van der Waals surface area contributed by atoms with Gasteiger partial charge in [0.2, 0.25) is 5.65 Å². The van der Waals surface area contributed by atoms with E-state index in [1.54, 1.807) is 12.5 Å². The molecule has 2 atom stereocenters. The van der Waals surface area contributed by atoms with Crippen LogP contribution in [0.3, 0.4) is 0 Å². The van der Waals surface area contributed by atoms with Crippen molar-refractivity contribution < 1.29 is 9.84 Å². The molecule has 1 aliphatic heterocycles. The van der Waals surface area contributed by atoms with Crippen LogP contribution < -0.4 is 4.90 Å². The summed E-state index contributed by atoms with van der Waals surface area (Å²) in [5.41, 5.74) is 0.725. The Morgan fingerprint density at radius 1 is 1.56 bits per heavy atom. The van der Waals surface area contributed by atoms with E-state index in [-0.39, 0.29) is 18.8 Å². The first-order chi connectivity index (χ1) is 8.79. The number of anilines is 1. The number of ether oxygens (including phenoxy) is 1. The van der Waals surface area contributed by atoms with Crippen molar-refractivity contribution >= 4 is 11.5 Å². The van der Waals surface area contributed by atoms with Crippen molar-refractivity contribution in [3.05, 3.63) is 18.7 Å². The topological polar surface area (TPSA) is 75.8 Å². The van der Waals surface area contributed by atoms with Crippen LogP contribution in [0.1, 0.15) is 6.92 Å². The minimum Gasteiger partial charge on any atom is -0.394 e. The largest absolute Gasteiger partial charge is 0.394 e. The van der Waals surface area contributed by atoms with E-state index < -0.39 is 0 Å². The second-order valence-corrected chi connectivity index (χ2v) is 4.45. The van der Waals surface area contributed by atoms with Crippen molar-refractivity contribution in [3.8, 4) is 0 Å². The highest BCUT2D eigenvalue weighted by Crippen LogP contribution is 2.22. The van der Waals surface area contributed by atoms with E-state index in [4.69, 9.17) is 4.74 Å². The van der Waals surface area contributed by atoms with Gasteiger partial charge >= 0.3 is 0 Å². The standard InChI is InChI=1S/C11H15N5O2/c1-8-6-18-9(5-17)4-16(8)10-11-14-13-7-15(11)3-2-12-10/h2-3,7-9,17H,4-6H2,1H3. The molecule has 18 heavy (non-hydrogen) atoms. The number of aliphatic hydroxyl groups is 1. The summed E-state index contributed by atoms with van der Waals surface area (Å²) in [6.07, 6.45) is 5.01. The summed E-state index contributed by atoms with van der Waals surface area (Å²) < 4.78 is 7.35. The van der Waals surface area contributed by atoms with Crippen molar-refractivity contribution in [2.45, 2.75) is 19.1 Å². The van der Waals surface area contributed by atoms with Crippen LogP contribution >= 0.6 is 0 Å². The highest BCUT2D eigenvalue weighted by atomic mass is 16.5. The molecule has 1 aliphatic rings. The first kappa shape index (κ1) is 11.4. The average molecular weight is 249 g/mol. The van der Waals surface area contributed by atoms with Gasteiger partial charge in [0.05, 0.1) is 25.4 Å². The van der Waals surface area contributed by atoms with Gasteiger partial charge in [0.25, 0.3) is 0 Å². The molecule has 0 amide bonds. The number of aromatic nitrogens is 4. The first-order valence-corrected chi connectivity index (χ1v) is 5.93. The van der Waals surface area contributed by atoms with Gasteiger partial charge in [-0.15, -0.1) is 10.2 Å². The van der Waals surface area contributed by atoms with Gasteiger partial charge < -0.3 is 14.7 Å². The molecule has 7 heteroatoms. The number of morpholine rings is 1. The lowest BCUT2D eigenvalue weighted by Gasteiger charge is -2.38.